The van der Waals surface area contributed by atoms with Crippen LogP contribution in [-0.4, -0.2) is 11.0 Å². The van der Waals surface area contributed by atoms with E-state index in [1.165, 1.54) is 18.2 Å². The lowest BCUT2D eigenvalue weighted by molar-refractivity contribution is 0.0939. The second kappa shape index (κ2) is 6.05. The summed E-state index contributed by atoms with van der Waals surface area (Å²) in [6.45, 7) is 1.81. The fourth-order valence-corrected chi connectivity index (χ4v) is 2.17. The zero-order valence-electron chi connectivity index (χ0n) is 10.7. The molecule has 0 aliphatic heterocycles. The van der Waals surface area contributed by atoms with Crippen LogP contribution in [0.3, 0.4) is 0 Å². The first-order chi connectivity index (χ1) is 9.47. The zero-order chi connectivity index (χ0) is 14.7. The maximum atomic E-state index is 13.1. The molecule has 1 unspecified atom stereocenters. The Balaban J connectivity index is 2.13. The molecule has 104 valence electrons. The van der Waals surface area contributed by atoms with Crippen molar-refractivity contribution in [2.75, 3.05) is 0 Å². The van der Waals surface area contributed by atoms with Gasteiger partial charge in [-0.15, -0.1) is 0 Å². The number of rotatable bonds is 3. The van der Waals surface area contributed by atoms with Gasteiger partial charge >= 0.3 is 0 Å². The molecule has 0 radical (unpaired) electrons. The number of aromatic hydroxyl groups is 1. The van der Waals surface area contributed by atoms with Crippen LogP contribution >= 0.6 is 15.9 Å². The van der Waals surface area contributed by atoms with E-state index < -0.39 is 5.82 Å². The van der Waals surface area contributed by atoms with Crippen LogP contribution in [0.15, 0.2) is 46.9 Å². The highest BCUT2D eigenvalue weighted by atomic mass is 79.9. The number of hydrogen-bond donors (Lipinski definition) is 2. The van der Waals surface area contributed by atoms with Crippen molar-refractivity contribution in [3.8, 4) is 5.75 Å². The molecule has 0 aliphatic carbocycles. The van der Waals surface area contributed by atoms with Crippen LogP contribution in [0.5, 0.6) is 5.75 Å². The fourth-order valence-electron chi connectivity index (χ4n) is 1.79. The molecular weight excluding hydrogens is 325 g/mol. The van der Waals surface area contributed by atoms with Gasteiger partial charge in [0.1, 0.15) is 11.6 Å². The van der Waals surface area contributed by atoms with Crippen molar-refractivity contribution in [3.63, 3.8) is 0 Å². The van der Waals surface area contributed by atoms with Crippen LogP contribution in [0, 0.1) is 5.82 Å². The van der Waals surface area contributed by atoms with E-state index >= 15 is 0 Å². The molecule has 2 rings (SSSR count). The van der Waals surface area contributed by atoms with Crippen molar-refractivity contribution in [2.45, 2.75) is 13.0 Å². The highest BCUT2D eigenvalue weighted by molar-refractivity contribution is 9.10. The van der Waals surface area contributed by atoms with Crippen molar-refractivity contribution in [3.05, 3.63) is 63.9 Å². The summed E-state index contributed by atoms with van der Waals surface area (Å²) in [4.78, 5) is 12.1. The number of amides is 1. The molecular formula is C15H13BrFNO2. The fraction of sp³-hybridized carbons (Fsp3) is 0.133. The Kier molecular flexibility index (Phi) is 4.39. The summed E-state index contributed by atoms with van der Waals surface area (Å²) < 4.78 is 13.4. The lowest BCUT2D eigenvalue weighted by Crippen LogP contribution is -2.26. The van der Waals surface area contributed by atoms with E-state index in [1.807, 2.05) is 13.0 Å². The average Bonchev–Trinajstić information content (AvgIpc) is 2.41. The van der Waals surface area contributed by atoms with Gasteiger partial charge < -0.3 is 10.4 Å². The maximum Gasteiger partial charge on any atom is 0.251 e. The molecule has 0 aromatic heterocycles. The molecule has 0 aliphatic rings. The van der Waals surface area contributed by atoms with E-state index in [2.05, 4.69) is 21.2 Å². The number of benzene rings is 2. The summed E-state index contributed by atoms with van der Waals surface area (Å²) in [7, 11) is 0. The summed E-state index contributed by atoms with van der Waals surface area (Å²) in [6.07, 6.45) is 0. The lowest BCUT2D eigenvalue weighted by Gasteiger charge is -2.14. The van der Waals surface area contributed by atoms with Crippen LogP contribution in [0.4, 0.5) is 4.39 Å². The standard InChI is InChI=1S/C15H13BrFNO2/c1-9(10-3-2-4-12(19)7-10)18-15(20)11-5-6-14(17)13(16)8-11/h2-9,19H,1H3,(H,18,20). The van der Waals surface area contributed by atoms with Crippen LogP contribution in [0.2, 0.25) is 0 Å². The van der Waals surface area contributed by atoms with Crippen molar-refractivity contribution < 1.29 is 14.3 Å². The summed E-state index contributed by atoms with van der Waals surface area (Å²) in [5.74, 6) is -0.572. The van der Waals surface area contributed by atoms with Crippen molar-refractivity contribution >= 4 is 21.8 Å². The molecule has 0 saturated carbocycles. The van der Waals surface area contributed by atoms with E-state index in [4.69, 9.17) is 0 Å². The maximum absolute atomic E-state index is 13.1. The Labute approximate surface area is 124 Å². The van der Waals surface area contributed by atoms with Gasteiger partial charge in [-0.2, -0.15) is 0 Å². The minimum atomic E-state index is -0.414. The van der Waals surface area contributed by atoms with Crippen LogP contribution in [0.25, 0.3) is 0 Å². The zero-order valence-corrected chi connectivity index (χ0v) is 12.3. The second-order valence-corrected chi connectivity index (χ2v) is 5.27. The van der Waals surface area contributed by atoms with Crippen LogP contribution < -0.4 is 5.32 Å². The highest BCUT2D eigenvalue weighted by Crippen LogP contribution is 2.20. The molecule has 1 atom stereocenters. The molecule has 0 spiro atoms. The van der Waals surface area contributed by atoms with E-state index in [0.717, 1.165) is 5.56 Å². The number of nitrogens with one attached hydrogen (secondary N) is 1. The normalized spacial score (nSPS) is 11.9. The molecule has 0 saturated heterocycles. The molecule has 0 fully saturated rings. The average molecular weight is 338 g/mol. The SMILES string of the molecule is CC(NC(=O)c1ccc(F)c(Br)c1)c1cccc(O)c1. The number of halogens is 2. The first kappa shape index (κ1) is 14.5. The summed E-state index contributed by atoms with van der Waals surface area (Å²) in [6, 6.07) is 10.5. The third-order valence-corrected chi connectivity index (χ3v) is 3.51. The van der Waals surface area contributed by atoms with Gasteiger partial charge in [0.25, 0.3) is 5.91 Å². The Morgan fingerprint density at radius 2 is 2.05 bits per heavy atom. The van der Waals surface area contributed by atoms with E-state index in [-0.39, 0.29) is 22.2 Å². The smallest absolute Gasteiger partial charge is 0.251 e. The van der Waals surface area contributed by atoms with Crippen molar-refractivity contribution in [1.29, 1.82) is 0 Å². The Morgan fingerprint density at radius 1 is 1.30 bits per heavy atom. The number of hydrogen-bond acceptors (Lipinski definition) is 2. The van der Waals surface area contributed by atoms with Gasteiger partial charge in [0.05, 0.1) is 10.5 Å². The van der Waals surface area contributed by atoms with E-state index in [1.54, 1.807) is 18.2 Å². The third-order valence-electron chi connectivity index (χ3n) is 2.90. The Hall–Kier alpha value is -1.88. The summed E-state index contributed by atoms with van der Waals surface area (Å²) in [5.41, 5.74) is 1.16. The van der Waals surface area contributed by atoms with Crippen LogP contribution in [0.1, 0.15) is 28.9 Å². The lowest BCUT2D eigenvalue weighted by atomic mass is 10.1. The number of phenolic OH excluding ortho intramolecular Hbond substituents is 1. The topological polar surface area (TPSA) is 49.3 Å². The number of carbonyl (C=O) groups excluding carboxylic acids is 1. The third kappa shape index (κ3) is 3.36. The molecule has 2 aromatic carbocycles. The molecule has 3 nitrogen and oxygen atoms in total. The van der Waals surface area contributed by atoms with E-state index in [9.17, 15) is 14.3 Å². The van der Waals surface area contributed by atoms with Gasteiger partial charge in [0.2, 0.25) is 0 Å². The molecule has 0 heterocycles. The van der Waals surface area contributed by atoms with Gasteiger partial charge in [-0.1, -0.05) is 12.1 Å². The molecule has 1 amide bonds. The summed E-state index contributed by atoms with van der Waals surface area (Å²) >= 11 is 3.05. The monoisotopic (exact) mass is 337 g/mol. The molecule has 2 aromatic rings. The number of carbonyl (C=O) groups is 1. The minimum absolute atomic E-state index is 0.146. The van der Waals surface area contributed by atoms with Crippen molar-refractivity contribution in [2.24, 2.45) is 0 Å². The van der Waals surface area contributed by atoms with Gasteiger partial charge in [0, 0.05) is 5.56 Å². The first-order valence-electron chi connectivity index (χ1n) is 6.02. The summed E-state index contributed by atoms with van der Waals surface area (Å²) in [5, 5.41) is 12.2. The molecule has 0 bridgehead atoms. The highest BCUT2D eigenvalue weighted by Gasteiger charge is 2.13. The molecule has 20 heavy (non-hydrogen) atoms. The largest absolute Gasteiger partial charge is 0.508 e. The Morgan fingerprint density at radius 3 is 2.70 bits per heavy atom. The minimum Gasteiger partial charge on any atom is -0.508 e. The van der Waals surface area contributed by atoms with Crippen LogP contribution in [-0.2, 0) is 0 Å². The van der Waals surface area contributed by atoms with Crippen molar-refractivity contribution in [1.82, 2.24) is 5.32 Å². The van der Waals surface area contributed by atoms with E-state index in [0.29, 0.717) is 5.56 Å². The molecule has 2 N–H and O–H groups in total. The first-order valence-corrected chi connectivity index (χ1v) is 6.81. The second-order valence-electron chi connectivity index (χ2n) is 4.42. The Bertz CT molecular complexity index is 646. The quantitative estimate of drug-likeness (QED) is 0.895. The predicted molar refractivity (Wildman–Crippen MR) is 78.1 cm³/mol. The van der Waals surface area contributed by atoms with Gasteiger partial charge in [0.15, 0.2) is 0 Å². The number of phenols is 1. The van der Waals surface area contributed by atoms with Gasteiger partial charge in [-0.3, -0.25) is 4.79 Å². The molecule has 5 heteroatoms. The predicted octanol–water partition coefficient (Wildman–Crippen LogP) is 3.78. The van der Waals surface area contributed by atoms with Gasteiger partial charge in [-0.05, 0) is 58.7 Å². The van der Waals surface area contributed by atoms with Gasteiger partial charge in [-0.25, -0.2) is 4.39 Å².